The molecule has 1 aromatic rings. The highest BCUT2D eigenvalue weighted by Crippen LogP contribution is 2.33. The third-order valence-electron chi connectivity index (χ3n) is 4.82. The highest BCUT2D eigenvalue weighted by atomic mass is 16.5. The number of amides is 1. The van der Waals surface area contributed by atoms with Crippen molar-refractivity contribution in [1.29, 1.82) is 0 Å². The van der Waals surface area contributed by atoms with Crippen LogP contribution in [0, 0.1) is 0 Å². The molecule has 2 heterocycles. The summed E-state index contributed by atoms with van der Waals surface area (Å²) in [4.78, 5) is 16.7. The van der Waals surface area contributed by atoms with Crippen LogP contribution < -0.4 is 10.1 Å². The van der Waals surface area contributed by atoms with Crippen molar-refractivity contribution < 1.29 is 19.0 Å². The van der Waals surface area contributed by atoms with Gasteiger partial charge in [-0.1, -0.05) is 0 Å². The van der Waals surface area contributed by atoms with Crippen LogP contribution in [0.5, 0.6) is 5.75 Å². The molecule has 1 unspecified atom stereocenters. The summed E-state index contributed by atoms with van der Waals surface area (Å²) >= 11 is 0. The lowest BCUT2D eigenvalue weighted by atomic mass is 10.0. The number of nitrogens with zero attached hydrogens (tertiary/aromatic N) is 2. The van der Waals surface area contributed by atoms with Crippen molar-refractivity contribution in [1.82, 2.24) is 9.80 Å². The average Bonchev–Trinajstić information content (AvgIpc) is 2.67. The van der Waals surface area contributed by atoms with E-state index < -0.39 is 0 Å². The van der Waals surface area contributed by atoms with E-state index in [-0.39, 0.29) is 11.4 Å². The second kappa shape index (κ2) is 8.91. The van der Waals surface area contributed by atoms with Crippen LogP contribution >= 0.6 is 0 Å². The maximum absolute atomic E-state index is 12.7. The molecule has 150 valence electrons. The van der Waals surface area contributed by atoms with Crippen LogP contribution in [0.3, 0.4) is 0 Å². The topological polar surface area (TPSA) is 63.3 Å². The number of ether oxygens (including phenoxy) is 3. The SMILES string of the molecule is CN(C)CCCOCC1(C)COc2ccc(C(=O)N3CCOCC3)cc2N1. The zero-order chi connectivity index (χ0) is 19.3. The molecule has 2 aliphatic rings. The summed E-state index contributed by atoms with van der Waals surface area (Å²) in [5.74, 6) is 0.814. The summed E-state index contributed by atoms with van der Waals surface area (Å²) in [7, 11) is 4.12. The molecule has 7 heteroatoms. The lowest BCUT2D eigenvalue weighted by Gasteiger charge is -2.37. The Kier molecular flexibility index (Phi) is 6.57. The van der Waals surface area contributed by atoms with Gasteiger partial charge in [0, 0.05) is 25.3 Å². The first kappa shape index (κ1) is 19.9. The van der Waals surface area contributed by atoms with Gasteiger partial charge in [-0.15, -0.1) is 0 Å². The van der Waals surface area contributed by atoms with Crippen molar-refractivity contribution in [3.63, 3.8) is 0 Å². The maximum Gasteiger partial charge on any atom is 0.254 e. The third-order valence-corrected chi connectivity index (χ3v) is 4.82. The molecule has 0 aliphatic carbocycles. The average molecular weight is 377 g/mol. The molecule has 1 atom stereocenters. The summed E-state index contributed by atoms with van der Waals surface area (Å²) in [6.07, 6.45) is 0.999. The van der Waals surface area contributed by atoms with Crippen LogP contribution in [0.25, 0.3) is 0 Å². The van der Waals surface area contributed by atoms with Gasteiger partial charge in [0.05, 0.1) is 31.0 Å². The van der Waals surface area contributed by atoms with Gasteiger partial charge in [0.1, 0.15) is 12.4 Å². The van der Waals surface area contributed by atoms with Gasteiger partial charge in [0.2, 0.25) is 0 Å². The lowest BCUT2D eigenvalue weighted by Crippen LogP contribution is -2.48. The molecule has 7 nitrogen and oxygen atoms in total. The van der Waals surface area contributed by atoms with Crippen LogP contribution in [0.2, 0.25) is 0 Å². The number of anilines is 1. The summed E-state index contributed by atoms with van der Waals surface area (Å²) in [5.41, 5.74) is 1.20. The van der Waals surface area contributed by atoms with Crippen LogP contribution in [-0.2, 0) is 9.47 Å². The normalized spacial score (nSPS) is 22.1. The molecule has 1 saturated heterocycles. The molecular formula is C20H31N3O4. The minimum absolute atomic E-state index is 0.0371. The van der Waals surface area contributed by atoms with E-state index in [1.165, 1.54) is 0 Å². The molecule has 3 rings (SSSR count). The molecular weight excluding hydrogens is 346 g/mol. The molecule has 0 bridgehead atoms. The van der Waals surface area contributed by atoms with Crippen molar-refractivity contribution in [3.05, 3.63) is 23.8 Å². The second-order valence-electron chi connectivity index (χ2n) is 7.80. The van der Waals surface area contributed by atoms with Crippen LogP contribution in [0.1, 0.15) is 23.7 Å². The van der Waals surface area contributed by atoms with Gasteiger partial charge in [0.15, 0.2) is 0 Å². The van der Waals surface area contributed by atoms with Crippen LogP contribution in [0.15, 0.2) is 18.2 Å². The Labute approximate surface area is 161 Å². The van der Waals surface area contributed by atoms with Gasteiger partial charge < -0.3 is 29.3 Å². The zero-order valence-corrected chi connectivity index (χ0v) is 16.6. The molecule has 0 aromatic heterocycles. The van der Waals surface area contributed by atoms with E-state index in [1.54, 1.807) is 0 Å². The number of carbonyl (C=O) groups excluding carboxylic acids is 1. The monoisotopic (exact) mass is 377 g/mol. The van der Waals surface area contributed by atoms with Gasteiger partial charge in [-0.25, -0.2) is 0 Å². The highest BCUT2D eigenvalue weighted by Gasteiger charge is 2.32. The predicted molar refractivity (Wildman–Crippen MR) is 105 cm³/mol. The Balaban J connectivity index is 1.59. The van der Waals surface area contributed by atoms with Crippen molar-refractivity contribution >= 4 is 11.6 Å². The molecule has 0 spiro atoms. The fourth-order valence-electron chi connectivity index (χ4n) is 3.29. The van der Waals surface area contributed by atoms with E-state index in [0.717, 1.165) is 31.0 Å². The van der Waals surface area contributed by atoms with E-state index >= 15 is 0 Å². The number of nitrogens with one attached hydrogen (secondary N) is 1. The number of rotatable bonds is 7. The molecule has 1 aromatic carbocycles. The number of fused-ring (bicyclic) bond motifs is 1. The molecule has 27 heavy (non-hydrogen) atoms. The molecule has 0 radical (unpaired) electrons. The van der Waals surface area contributed by atoms with Gasteiger partial charge in [-0.2, -0.15) is 0 Å². The number of benzene rings is 1. The second-order valence-corrected chi connectivity index (χ2v) is 7.80. The smallest absolute Gasteiger partial charge is 0.254 e. The number of morpholine rings is 1. The van der Waals surface area contributed by atoms with Crippen molar-refractivity contribution in [2.45, 2.75) is 18.9 Å². The number of carbonyl (C=O) groups is 1. The van der Waals surface area contributed by atoms with Gasteiger partial charge in [-0.05, 0) is 52.2 Å². The van der Waals surface area contributed by atoms with Crippen LogP contribution in [-0.4, -0.2) is 88.0 Å². The van der Waals surface area contributed by atoms with Gasteiger partial charge >= 0.3 is 0 Å². The summed E-state index contributed by atoms with van der Waals surface area (Å²) in [6, 6.07) is 5.59. The Morgan fingerprint density at radius 2 is 2.11 bits per heavy atom. The van der Waals surface area contributed by atoms with E-state index in [2.05, 4.69) is 31.2 Å². The first-order valence-corrected chi connectivity index (χ1v) is 9.61. The highest BCUT2D eigenvalue weighted by molar-refractivity contribution is 5.95. The largest absolute Gasteiger partial charge is 0.489 e. The summed E-state index contributed by atoms with van der Waals surface area (Å²) in [6.45, 7) is 7.37. The Hall–Kier alpha value is -1.83. The number of hydrogen-bond donors (Lipinski definition) is 1. The standard InChI is InChI=1S/C20H31N3O4/c1-20(14-26-10-4-7-22(2)3)15-27-18-6-5-16(13-17(18)21-20)19(24)23-8-11-25-12-9-23/h5-6,13,21H,4,7-12,14-15H2,1-3H3. The van der Waals surface area contributed by atoms with Crippen molar-refractivity contribution in [2.24, 2.45) is 0 Å². The minimum Gasteiger partial charge on any atom is -0.489 e. The van der Waals surface area contributed by atoms with Crippen molar-refractivity contribution in [2.75, 3.05) is 72.1 Å². The first-order valence-electron chi connectivity index (χ1n) is 9.61. The molecule has 0 saturated carbocycles. The van der Waals surface area contributed by atoms with Crippen LogP contribution in [0.4, 0.5) is 5.69 Å². The van der Waals surface area contributed by atoms with E-state index in [9.17, 15) is 4.79 Å². The van der Waals surface area contributed by atoms with E-state index in [4.69, 9.17) is 14.2 Å². The van der Waals surface area contributed by atoms with E-state index in [0.29, 0.717) is 45.1 Å². The lowest BCUT2D eigenvalue weighted by molar-refractivity contribution is 0.0303. The molecule has 1 N–H and O–H groups in total. The third kappa shape index (κ3) is 5.34. The number of hydrogen-bond acceptors (Lipinski definition) is 6. The predicted octanol–water partition coefficient (Wildman–Crippen LogP) is 1.69. The Morgan fingerprint density at radius 1 is 1.33 bits per heavy atom. The fraction of sp³-hybridized carbons (Fsp3) is 0.650. The fourth-order valence-corrected chi connectivity index (χ4v) is 3.29. The quantitative estimate of drug-likeness (QED) is 0.730. The van der Waals surface area contributed by atoms with Crippen molar-refractivity contribution in [3.8, 4) is 5.75 Å². The molecule has 2 aliphatic heterocycles. The zero-order valence-electron chi connectivity index (χ0n) is 16.6. The van der Waals surface area contributed by atoms with E-state index in [1.807, 2.05) is 23.1 Å². The van der Waals surface area contributed by atoms with Gasteiger partial charge in [0.25, 0.3) is 5.91 Å². The Bertz CT molecular complexity index is 646. The molecule has 1 fully saturated rings. The van der Waals surface area contributed by atoms with Gasteiger partial charge in [-0.3, -0.25) is 4.79 Å². The maximum atomic E-state index is 12.7. The first-order chi connectivity index (χ1) is 13.0. The summed E-state index contributed by atoms with van der Waals surface area (Å²) in [5, 5.41) is 3.52. The molecule has 1 amide bonds. The minimum atomic E-state index is -0.314. The summed E-state index contributed by atoms with van der Waals surface area (Å²) < 4.78 is 17.1. The Morgan fingerprint density at radius 3 is 2.85 bits per heavy atom.